The summed E-state index contributed by atoms with van der Waals surface area (Å²) in [4.78, 5) is 2.44. The highest BCUT2D eigenvalue weighted by Crippen LogP contribution is 2.33. The van der Waals surface area contributed by atoms with Crippen LogP contribution < -0.4 is 14.8 Å². The third-order valence-electron chi connectivity index (χ3n) is 3.83. The molecule has 1 aromatic rings. The smallest absolute Gasteiger partial charge is 0.162 e. The molecule has 1 N–H and O–H groups in total. The molecule has 0 heterocycles. The Morgan fingerprint density at radius 1 is 1.13 bits per heavy atom. The summed E-state index contributed by atoms with van der Waals surface area (Å²) in [7, 11) is 1.68. The van der Waals surface area contributed by atoms with Crippen LogP contribution in [0.15, 0.2) is 16.6 Å². The van der Waals surface area contributed by atoms with E-state index in [4.69, 9.17) is 9.47 Å². The van der Waals surface area contributed by atoms with Crippen LogP contribution in [0.2, 0.25) is 0 Å². The van der Waals surface area contributed by atoms with Crippen molar-refractivity contribution in [1.82, 2.24) is 10.2 Å². The number of benzene rings is 1. The van der Waals surface area contributed by atoms with E-state index in [-0.39, 0.29) is 0 Å². The van der Waals surface area contributed by atoms with Crippen LogP contribution in [0, 0.1) is 0 Å². The number of hydrogen-bond donors (Lipinski definition) is 1. The molecule has 0 fully saturated rings. The molecule has 0 unspecified atom stereocenters. The van der Waals surface area contributed by atoms with Gasteiger partial charge in [0.25, 0.3) is 0 Å². The minimum Gasteiger partial charge on any atom is -0.493 e. The number of rotatable bonds is 12. The van der Waals surface area contributed by atoms with E-state index in [1.807, 2.05) is 12.1 Å². The number of hydrogen-bond acceptors (Lipinski definition) is 4. The zero-order chi connectivity index (χ0) is 17.1. The largest absolute Gasteiger partial charge is 0.493 e. The Hall–Kier alpha value is -0.780. The standard InChI is InChI=1S/C18H31BrN2O2/c1-5-11-23-18-13-16(19)15(12-17(18)22-4)14-20-9-8-10-21(6-2)7-3/h12-13,20H,5-11,14H2,1-4H3. The highest BCUT2D eigenvalue weighted by Gasteiger charge is 2.10. The van der Waals surface area contributed by atoms with Crippen molar-refractivity contribution in [2.24, 2.45) is 0 Å². The van der Waals surface area contributed by atoms with E-state index >= 15 is 0 Å². The average Bonchev–Trinajstić information content (AvgIpc) is 2.57. The fraction of sp³-hybridized carbons (Fsp3) is 0.667. The van der Waals surface area contributed by atoms with Gasteiger partial charge in [-0.25, -0.2) is 0 Å². The van der Waals surface area contributed by atoms with E-state index in [0.717, 1.165) is 61.5 Å². The van der Waals surface area contributed by atoms with Gasteiger partial charge in [0.2, 0.25) is 0 Å². The zero-order valence-corrected chi connectivity index (χ0v) is 16.5. The van der Waals surface area contributed by atoms with Gasteiger partial charge in [0.05, 0.1) is 13.7 Å². The maximum Gasteiger partial charge on any atom is 0.162 e. The summed E-state index contributed by atoms with van der Waals surface area (Å²) in [6, 6.07) is 4.05. The molecule has 0 bridgehead atoms. The molecule has 0 saturated heterocycles. The molecule has 0 radical (unpaired) electrons. The predicted octanol–water partition coefficient (Wildman–Crippen LogP) is 4.07. The first-order valence-corrected chi connectivity index (χ1v) is 9.37. The summed E-state index contributed by atoms with van der Waals surface area (Å²) in [5, 5.41) is 3.51. The lowest BCUT2D eigenvalue weighted by atomic mass is 10.2. The Morgan fingerprint density at radius 3 is 2.48 bits per heavy atom. The topological polar surface area (TPSA) is 33.7 Å². The summed E-state index contributed by atoms with van der Waals surface area (Å²) in [6.07, 6.45) is 2.14. The second-order valence-electron chi connectivity index (χ2n) is 5.50. The minimum atomic E-state index is 0.700. The van der Waals surface area contributed by atoms with Crippen LogP contribution in [0.3, 0.4) is 0 Å². The lowest BCUT2D eigenvalue weighted by Crippen LogP contribution is -2.27. The molecule has 0 aliphatic rings. The van der Waals surface area contributed by atoms with Crippen molar-refractivity contribution in [3.8, 4) is 11.5 Å². The predicted molar refractivity (Wildman–Crippen MR) is 101 cm³/mol. The molecule has 0 saturated carbocycles. The van der Waals surface area contributed by atoms with Gasteiger partial charge in [-0.3, -0.25) is 0 Å². The molecule has 1 aromatic carbocycles. The molecule has 4 nitrogen and oxygen atoms in total. The van der Waals surface area contributed by atoms with Gasteiger partial charge in [0.1, 0.15) is 0 Å². The second kappa shape index (κ2) is 11.7. The van der Waals surface area contributed by atoms with Crippen LogP contribution in [0.1, 0.15) is 39.2 Å². The molecule has 0 aromatic heterocycles. The SMILES string of the molecule is CCCOc1cc(Br)c(CNCCCN(CC)CC)cc1OC. The minimum absolute atomic E-state index is 0.700. The van der Waals surface area contributed by atoms with Gasteiger partial charge in [-0.15, -0.1) is 0 Å². The molecule has 0 atom stereocenters. The van der Waals surface area contributed by atoms with Crippen LogP contribution in [-0.2, 0) is 6.54 Å². The summed E-state index contributed by atoms with van der Waals surface area (Å²) in [5.74, 6) is 1.59. The van der Waals surface area contributed by atoms with Gasteiger partial charge >= 0.3 is 0 Å². The van der Waals surface area contributed by atoms with Crippen LogP contribution in [0.4, 0.5) is 0 Å². The summed E-state index contributed by atoms with van der Waals surface area (Å²) in [6.45, 7) is 12.4. The molecule has 0 amide bonds. The molecular formula is C18H31BrN2O2. The molecule has 0 aliphatic carbocycles. The van der Waals surface area contributed by atoms with Gasteiger partial charge in [-0.2, -0.15) is 0 Å². The number of ether oxygens (including phenoxy) is 2. The zero-order valence-electron chi connectivity index (χ0n) is 15.0. The van der Waals surface area contributed by atoms with Gasteiger partial charge in [-0.05, 0) is 56.7 Å². The second-order valence-corrected chi connectivity index (χ2v) is 6.35. The van der Waals surface area contributed by atoms with Crippen LogP contribution in [-0.4, -0.2) is 44.8 Å². The summed E-state index contributed by atoms with van der Waals surface area (Å²) in [5.41, 5.74) is 1.19. The third kappa shape index (κ3) is 7.10. The normalized spacial score (nSPS) is 11.0. The molecule has 0 aliphatic heterocycles. The quantitative estimate of drug-likeness (QED) is 0.549. The fourth-order valence-electron chi connectivity index (χ4n) is 2.39. The molecule has 23 heavy (non-hydrogen) atoms. The molecular weight excluding hydrogens is 356 g/mol. The Bertz CT molecular complexity index is 451. The number of nitrogens with zero attached hydrogens (tertiary/aromatic N) is 1. The number of methoxy groups -OCH3 is 1. The Kier molecular flexibility index (Phi) is 10.3. The van der Waals surface area contributed by atoms with Crippen molar-refractivity contribution >= 4 is 15.9 Å². The van der Waals surface area contributed by atoms with Crippen molar-refractivity contribution in [3.05, 3.63) is 22.2 Å². The van der Waals surface area contributed by atoms with Gasteiger partial charge < -0.3 is 19.7 Å². The van der Waals surface area contributed by atoms with E-state index in [2.05, 4.69) is 46.9 Å². The van der Waals surface area contributed by atoms with E-state index in [1.54, 1.807) is 7.11 Å². The summed E-state index contributed by atoms with van der Waals surface area (Å²) < 4.78 is 12.2. The highest BCUT2D eigenvalue weighted by atomic mass is 79.9. The number of halogens is 1. The Labute approximate surface area is 149 Å². The Balaban J connectivity index is 2.50. The van der Waals surface area contributed by atoms with Crippen molar-refractivity contribution < 1.29 is 9.47 Å². The van der Waals surface area contributed by atoms with Gasteiger partial charge in [0.15, 0.2) is 11.5 Å². The monoisotopic (exact) mass is 386 g/mol. The maximum absolute atomic E-state index is 5.73. The lowest BCUT2D eigenvalue weighted by molar-refractivity contribution is 0.293. The molecule has 5 heteroatoms. The maximum atomic E-state index is 5.73. The third-order valence-corrected chi connectivity index (χ3v) is 4.57. The van der Waals surface area contributed by atoms with Crippen molar-refractivity contribution in [1.29, 1.82) is 0 Å². The molecule has 1 rings (SSSR count). The van der Waals surface area contributed by atoms with Crippen LogP contribution >= 0.6 is 15.9 Å². The highest BCUT2D eigenvalue weighted by molar-refractivity contribution is 9.10. The van der Waals surface area contributed by atoms with Crippen molar-refractivity contribution in [2.45, 2.75) is 40.2 Å². The van der Waals surface area contributed by atoms with Crippen molar-refractivity contribution in [2.75, 3.05) is 39.9 Å². The molecule has 132 valence electrons. The van der Waals surface area contributed by atoms with E-state index < -0.39 is 0 Å². The summed E-state index contributed by atoms with van der Waals surface area (Å²) >= 11 is 3.63. The molecule has 0 spiro atoms. The van der Waals surface area contributed by atoms with E-state index in [9.17, 15) is 0 Å². The van der Waals surface area contributed by atoms with E-state index in [0.29, 0.717) is 6.61 Å². The lowest BCUT2D eigenvalue weighted by Gasteiger charge is -2.18. The van der Waals surface area contributed by atoms with E-state index in [1.165, 1.54) is 5.56 Å². The Morgan fingerprint density at radius 2 is 1.87 bits per heavy atom. The van der Waals surface area contributed by atoms with Gasteiger partial charge in [-0.1, -0.05) is 36.7 Å². The number of nitrogens with one attached hydrogen (secondary N) is 1. The first-order chi connectivity index (χ1) is 11.2. The average molecular weight is 387 g/mol. The first-order valence-electron chi connectivity index (χ1n) is 8.58. The van der Waals surface area contributed by atoms with Crippen molar-refractivity contribution in [3.63, 3.8) is 0 Å². The first kappa shape index (κ1) is 20.3. The van der Waals surface area contributed by atoms with Crippen LogP contribution in [0.25, 0.3) is 0 Å². The van der Waals surface area contributed by atoms with Crippen LogP contribution in [0.5, 0.6) is 11.5 Å². The fourth-order valence-corrected chi connectivity index (χ4v) is 2.85. The van der Waals surface area contributed by atoms with Gasteiger partial charge in [0, 0.05) is 11.0 Å².